The van der Waals surface area contributed by atoms with Gasteiger partial charge in [0, 0.05) is 24.1 Å². The van der Waals surface area contributed by atoms with Crippen LogP contribution < -0.4 is 16.0 Å². The second-order valence-electron chi connectivity index (χ2n) is 6.10. The number of benzene rings is 2. The first-order chi connectivity index (χ1) is 13.8. The lowest BCUT2D eigenvalue weighted by Crippen LogP contribution is -2.35. The van der Waals surface area contributed by atoms with Crippen LogP contribution in [0.25, 0.3) is 0 Å². The van der Waals surface area contributed by atoms with E-state index in [4.69, 9.17) is 10.7 Å². The number of rotatable bonds is 7. The topological polar surface area (TPSA) is 166 Å². The lowest BCUT2D eigenvalue weighted by molar-refractivity contribution is -0.384. The van der Waals surface area contributed by atoms with Crippen LogP contribution in [0.2, 0.25) is 0 Å². The zero-order chi connectivity index (χ0) is 21.0. The van der Waals surface area contributed by atoms with Gasteiger partial charge in [-0.2, -0.15) is 0 Å². The van der Waals surface area contributed by atoms with Gasteiger partial charge in [0.05, 0.1) is 27.6 Å². The van der Waals surface area contributed by atoms with Crippen molar-refractivity contribution < 1.29 is 23.0 Å². The number of oxime groups is 1. The molecule has 0 spiro atoms. The van der Waals surface area contributed by atoms with E-state index in [0.717, 1.165) is 0 Å². The van der Waals surface area contributed by atoms with Crippen LogP contribution in [0.15, 0.2) is 58.6 Å². The number of hydrogen-bond donors (Lipinski definition) is 3. The molecular weight excluding hydrogens is 402 g/mol. The molecular formula is C17H17N5O6S. The number of non-ortho nitro benzene ring substituents is 1. The molecule has 0 aromatic heterocycles. The number of nitrogens with two attached hydrogens (primary N) is 1. The van der Waals surface area contributed by atoms with E-state index in [2.05, 4.69) is 9.88 Å². The van der Waals surface area contributed by atoms with E-state index in [1.165, 1.54) is 42.5 Å². The molecule has 12 heteroatoms. The zero-order valence-corrected chi connectivity index (χ0v) is 15.8. The summed E-state index contributed by atoms with van der Waals surface area (Å²) in [5.74, 6) is 4.36. The monoisotopic (exact) mass is 419 g/mol. The van der Waals surface area contributed by atoms with Crippen LogP contribution in [-0.2, 0) is 14.9 Å². The SMILES string of the molecule is NNC(=O)c1ccccc1S(=O)(=O)NCC1CC(c2cccc([N+](=O)[O-])c2)=NO1. The average Bonchev–Trinajstić information content (AvgIpc) is 3.21. The van der Waals surface area contributed by atoms with E-state index in [0.29, 0.717) is 11.3 Å². The van der Waals surface area contributed by atoms with Gasteiger partial charge in [0.25, 0.3) is 11.6 Å². The third-order valence-corrected chi connectivity index (χ3v) is 5.66. The minimum Gasteiger partial charge on any atom is -0.390 e. The standard InChI is InChI=1S/C17H17N5O6S/c18-20-17(23)14-6-1-2-7-16(14)29(26,27)19-10-13-9-15(21-28-13)11-4-3-5-12(8-11)22(24)25/h1-8,13,19H,9-10,18H2,(H,20,23). The van der Waals surface area contributed by atoms with Gasteiger partial charge in [0.15, 0.2) is 0 Å². The van der Waals surface area contributed by atoms with Gasteiger partial charge in [-0.3, -0.25) is 20.3 Å². The third kappa shape index (κ3) is 4.56. The van der Waals surface area contributed by atoms with Crippen LogP contribution in [0.4, 0.5) is 5.69 Å². The second kappa shape index (κ2) is 8.34. The number of sulfonamides is 1. The summed E-state index contributed by atoms with van der Waals surface area (Å²) >= 11 is 0. The Hall–Kier alpha value is -3.35. The van der Waals surface area contributed by atoms with Gasteiger partial charge < -0.3 is 4.84 Å². The maximum atomic E-state index is 12.6. The molecule has 29 heavy (non-hydrogen) atoms. The molecule has 0 aliphatic carbocycles. The highest BCUT2D eigenvalue weighted by atomic mass is 32.2. The summed E-state index contributed by atoms with van der Waals surface area (Å²) in [5, 5.41) is 14.8. The number of nitro benzene ring substituents is 1. The Morgan fingerprint density at radius 1 is 1.28 bits per heavy atom. The first-order valence-electron chi connectivity index (χ1n) is 8.39. The van der Waals surface area contributed by atoms with Crippen molar-refractivity contribution in [2.45, 2.75) is 17.4 Å². The van der Waals surface area contributed by atoms with Gasteiger partial charge in [-0.15, -0.1) is 0 Å². The van der Waals surface area contributed by atoms with Gasteiger partial charge in [-0.05, 0) is 12.1 Å². The van der Waals surface area contributed by atoms with Gasteiger partial charge in [-0.1, -0.05) is 29.4 Å². The fourth-order valence-corrected chi connectivity index (χ4v) is 4.02. The van der Waals surface area contributed by atoms with Crippen molar-refractivity contribution in [3.63, 3.8) is 0 Å². The quantitative estimate of drug-likeness (QED) is 0.257. The van der Waals surface area contributed by atoms with Crippen LogP contribution >= 0.6 is 0 Å². The summed E-state index contributed by atoms with van der Waals surface area (Å²) in [7, 11) is -4.02. The smallest absolute Gasteiger partial charge is 0.270 e. The van der Waals surface area contributed by atoms with E-state index in [-0.39, 0.29) is 29.1 Å². The minimum absolute atomic E-state index is 0.0795. The Labute approximate surface area is 165 Å². The summed E-state index contributed by atoms with van der Waals surface area (Å²) in [4.78, 5) is 27.2. The molecule has 3 rings (SSSR count). The summed E-state index contributed by atoms with van der Waals surface area (Å²) in [6, 6.07) is 11.5. The molecule has 152 valence electrons. The molecule has 0 saturated heterocycles. The Morgan fingerprint density at radius 2 is 2.03 bits per heavy atom. The first kappa shape index (κ1) is 20.4. The largest absolute Gasteiger partial charge is 0.390 e. The molecule has 1 amide bonds. The maximum Gasteiger partial charge on any atom is 0.270 e. The molecule has 1 unspecified atom stereocenters. The Morgan fingerprint density at radius 3 is 2.76 bits per heavy atom. The fraction of sp³-hybridized carbons (Fsp3) is 0.176. The number of carbonyl (C=O) groups excluding carboxylic acids is 1. The highest BCUT2D eigenvalue weighted by molar-refractivity contribution is 7.89. The molecule has 2 aromatic rings. The van der Waals surface area contributed by atoms with Crippen molar-refractivity contribution in [3.05, 3.63) is 69.8 Å². The molecule has 11 nitrogen and oxygen atoms in total. The Kier molecular flexibility index (Phi) is 5.87. The number of nitro groups is 1. The number of hydrogen-bond acceptors (Lipinski definition) is 8. The summed E-state index contributed by atoms with van der Waals surface area (Å²) in [6.45, 7) is -0.108. The predicted molar refractivity (Wildman–Crippen MR) is 102 cm³/mol. The average molecular weight is 419 g/mol. The van der Waals surface area contributed by atoms with Crippen molar-refractivity contribution in [1.82, 2.24) is 10.1 Å². The predicted octanol–water partition coefficient (Wildman–Crippen LogP) is 0.670. The van der Waals surface area contributed by atoms with E-state index < -0.39 is 27.0 Å². The van der Waals surface area contributed by atoms with E-state index in [1.54, 1.807) is 6.07 Å². The highest BCUT2D eigenvalue weighted by Gasteiger charge is 2.27. The van der Waals surface area contributed by atoms with Crippen molar-refractivity contribution in [2.24, 2.45) is 11.0 Å². The third-order valence-electron chi connectivity index (χ3n) is 4.18. The highest BCUT2D eigenvalue weighted by Crippen LogP contribution is 2.21. The molecule has 1 atom stereocenters. The molecule has 0 fully saturated rings. The Bertz CT molecular complexity index is 1090. The number of amides is 1. The summed E-state index contributed by atoms with van der Waals surface area (Å²) in [5.41, 5.74) is 2.73. The normalized spacial score (nSPS) is 16.0. The van der Waals surface area contributed by atoms with Crippen LogP contribution in [-0.4, -0.2) is 37.6 Å². The van der Waals surface area contributed by atoms with Crippen LogP contribution in [0.3, 0.4) is 0 Å². The number of nitrogens with one attached hydrogen (secondary N) is 2. The molecule has 0 radical (unpaired) electrons. The molecule has 1 aliphatic rings. The van der Waals surface area contributed by atoms with Gasteiger partial charge in [0.1, 0.15) is 6.10 Å². The molecule has 1 heterocycles. The molecule has 2 aromatic carbocycles. The van der Waals surface area contributed by atoms with Crippen molar-refractivity contribution in [1.29, 1.82) is 0 Å². The lowest BCUT2D eigenvalue weighted by Gasteiger charge is -2.13. The molecule has 4 N–H and O–H groups in total. The molecule has 0 bridgehead atoms. The minimum atomic E-state index is -4.02. The first-order valence-corrected chi connectivity index (χ1v) is 9.87. The fourth-order valence-electron chi connectivity index (χ4n) is 2.75. The van der Waals surface area contributed by atoms with Gasteiger partial charge in [0.2, 0.25) is 10.0 Å². The van der Waals surface area contributed by atoms with Gasteiger partial charge in [-0.25, -0.2) is 19.0 Å². The van der Waals surface area contributed by atoms with Crippen molar-refractivity contribution in [2.75, 3.05) is 6.54 Å². The maximum absolute atomic E-state index is 12.6. The van der Waals surface area contributed by atoms with E-state index >= 15 is 0 Å². The van der Waals surface area contributed by atoms with Crippen LogP contribution in [0.1, 0.15) is 22.3 Å². The molecule has 1 aliphatic heterocycles. The van der Waals surface area contributed by atoms with Crippen molar-refractivity contribution in [3.8, 4) is 0 Å². The second-order valence-corrected chi connectivity index (χ2v) is 7.83. The van der Waals surface area contributed by atoms with E-state index in [9.17, 15) is 23.3 Å². The van der Waals surface area contributed by atoms with Gasteiger partial charge >= 0.3 is 0 Å². The summed E-state index contributed by atoms with van der Waals surface area (Å²) in [6.07, 6.45) is -0.344. The number of hydrazine groups is 1. The number of nitrogens with zero attached hydrogens (tertiary/aromatic N) is 2. The van der Waals surface area contributed by atoms with Crippen molar-refractivity contribution >= 4 is 27.3 Å². The van der Waals surface area contributed by atoms with E-state index in [1.807, 2.05) is 5.43 Å². The van der Waals surface area contributed by atoms with Crippen LogP contribution in [0.5, 0.6) is 0 Å². The zero-order valence-electron chi connectivity index (χ0n) is 14.9. The lowest BCUT2D eigenvalue weighted by atomic mass is 10.0. The van der Waals surface area contributed by atoms with Crippen LogP contribution in [0, 0.1) is 10.1 Å². The summed E-state index contributed by atoms with van der Waals surface area (Å²) < 4.78 is 27.6. The molecule has 0 saturated carbocycles. The number of nitrogen functional groups attached to an aromatic ring is 1. The Balaban J connectivity index is 1.67. The number of carbonyl (C=O) groups is 1.